The molecule has 0 saturated heterocycles. The Hall–Kier alpha value is -2.84. The van der Waals surface area contributed by atoms with Crippen molar-refractivity contribution >= 4 is 28.0 Å². The minimum absolute atomic E-state index is 0.796. The van der Waals surface area contributed by atoms with Gasteiger partial charge in [0, 0.05) is 40.6 Å². The Morgan fingerprint density at radius 1 is 1.00 bits per heavy atom. The van der Waals surface area contributed by atoms with Gasteiger partial charge in [-0.05, 0) is 42.2 Å². The van der Waals surface area contributed by atoms with Crippen LogP contribution in [0.3, 0.4) is 0 Å². The number of hydrogen-bond donors (Lipinski definition) is 0. The summed E-state index contributed by atoms with van der Waals surface area (Å²) in [6.45, 7) is 6.60. The van der Waals surface area contributed by atoms with Crippen LogP contribution >= 0.6 is 11.6 Å². The monoisotopic (exact) mass is 372 g/mol. The molecule has 0 amide bonds. The van der Waals surface area contributed by atoms with Crippen molar-refractivity contribution in [1.82, 2.24) is 4.98 Å². The molecule has 1 aliphatic rings. The maximum atomic E-state index is 6.88. The van der Waals surface area contributed by atoms with Gasteiger partial charge in [-0.1, -0.05) is 67.6 Å². The van der Waals surface area contributed by atoms with E-state index in [1.165, 1.54) is 11.1 Å². The molecule has 134 valence electrons. The molecule has 1 aliphatic heterocycles. The minimum Gasteiger partial charge on any atom is -0.313 e. The first-order valence-electron chi connectivity index (χ1n) is 9.15. The molecule has 2 nitrogen and oxygen atoms in total. The lowest BCUT2D eigenvalue weighted by Crippen LogP contribution is -2.25. The molecular formula is C24H21ClN2. The standard InChI is InChI=1S/C24H21ClN2/c1-3-22-24(25)21-13-7-10-19(15-18-9-8-14-26-16-18)23(21)17(2)27(22)20-11-5-4-6-12-20/h4-14,16H,2-3,15H2,1H3. The molecule has 1 aromatic heterocycles. The number of allylic oxidation sites excluding steroid dienone is 1. The van der Waals surface area contributed by atoms with Gasteiger partial charge in [0.25, 0.3) is 0 Å². The van der Waals surface area contributed by atoms with Crippen LogP contribution in [-0.4, -0.2) is 4.98 Å². The van der Waals surface area contributed by atoms with Crippen LogP contribution in [0, 0.1) is 0 Å². The molecule has 0 N–H and O–H groups in total. The summed E-state index contributed by atoms with van der Waals surface area (Å²) in [5.74, 6) is 0. The van der Waals surface area contributed by atoms with Crippen molar-refractivity contribution in [2.45, 2.75) is 19.8 Å². The Balaban J connectivity index is 1.87. The van der Waals surface area contributed by atoms with Gasteiger partial charge in [0.05, 0.1) is 5.03 Å². The fraction of sp³-hybridized carbons (Fsp3) is 0.125. The number of aromatic nitrogens is 1. The Morgan fingerprint density at radius 3 is 2.52 bits per heavy atom. The summed E-state index contributed by atoms with van der Waals surface area (Å²) in [6.07, 6.45) is 5.34. The molecule has 0 aliphatic carbocycles. The molecule has 0 radical (unpaired) electrons. The van der Waals surface area contributed by atoms with Crippen molar-refractivity contribution in [2.24, 2.45) is 0 Å². The van der Waals surface area contributed by atoms with Gasteiger partial charge in [0.2, 0.25) is 0 Å². The number of rotatable bonds is 4. The maximum Gasteiger partial charge on any atom is 0.0683 e. The van der Waals surface area contributed by atoms with Gasteiger partial charge in [0.1, 0.15) is 0 Å². The summed E-state index contributed by atoms with van der Waals surface area (Å²) in [5, 5.41) is 0.803. The molecule has 0 spiro atoms. The lowest BCUT2D eigenvalue weighted by atomic mass is 9.90. The van der Waals surface area contributed by atoms with Crippen LogP contribution in [0.4, 0.5) is 5.69 Å². The van der Waals surface area contributed by atoms with Gasteiger partial charge in [-0.15, -0.1) is 0 Å². The van der Waals surface area contributed by atoms with Crippen molar-refractivity contribution in [2.75, 3.05) is 4.90 Å². The van der Waals surface area contributed by atoms with E-state index < -0.39 is 0 Å². The predicted octanol–water partition coefficient (Wildman–Crippen LogP) is 6.48. The average Bonchev–Trinajstić information content (AvgIpc) is 2.71. The molecular weight excluding hydrogens is 352 g/mol. The first-order valence-corrected chi connectivity index (χ1v) is 9.52. The Morgan fingerprint density at radius 2 is 1.81 bits per heavy atom. The second-order valence-electron chi connectivity index (χ2n) is 6.61. The topological polar surface area (TPSA) is 16.1 Å². The zero-order chi connectivity index (χ0) is 18.8. The average molecular weight is 373 g/mol. The summed E-state index contributed by atoms with van der Waals surface area (Å²) >= 11 is 6.88. The Bertz CT molecular complexity index is 1010. The van der Waals surface area contributed by atoms with Crippen LogP contribution in [0.5, 0.6) is 0 Å². The Labute approximate surface area is 165 Å². The lowest BCUT2D eigenvalue weighted by molar-refractivity contribution is 1.01. The fourth-order valence-corrected chi connectivity index (χ4v) is 4.10. The van der Waals surface area contributed by atoms with E-state index >= 15 is 0 Å². The van der Waals surface area contributed by atoms with Crippen molar-refractivity contribution in [3.63, 3.8) is 0 Å². The number of nitrogens with zero attached hydrogens (tertiary/aromatic N) is 2. The summed E-state index contributed by atoms with van der Waals surface area (Å²) in [6, 6.07) is 20.7. The van der Waals surface area contributed by atoms with Crippen molar-refractivity contribution < 1.29 is 0 Å². The van der Waals surface area contributed by atoms with Crippen molar-refractivity contribution in [3.05, 3.63) is 108 Å². The van der Waals surface area contributed by atoms with E-state index in [2.05, 4.69) is 59.8 Å². The highest BCUT2D eigenvalue weighted by Gasteiger charge is 2.29. The highest BCUT2D eigenvalue weighted by molar-refractivity contribution is 6.50. The number of halogens is 1. The predicted molar refractivity (Wildman–Crippen MR) is 115 cm³/mol. The van der Waals surface area contributed by atoms with Gasteiger partial charge in [-0.3, -0.25) is 4.98 Å². The molecule has 0 fully saturated rings. The number of hydrogen-bond acceptors (Lipinski definition) is 2. The number of para-hydroxylation sites is 1. The lowest BCUT2D eigenvalue weighted by Gasteiger charge is -2.36. The normalized spacial score (nSPS) is 13.7. The van der Waals surface area contributed by atoms with Gasteiger partial charge in [-0.25, -0.2) is 0 Å². The van der Waals surface area contributed by atoms with E-state index in [0.717, 1.165) is 46.1 Å². The number of anilines is 1. The molecule has 0 saturated carbocycles. The number of fused-ring (bicyclic) bond motifs is 1. The molecule has 2 aromatic carbocycles. The third-order valence-corrected chi connectivity index (χ3v) is 5.36. The zero-order valence-electron chi connectivity index (χ0n) is 15.3. The van der Waals surface area contributed by atoms with Crippen LogP contribution in [0.2, 0.25) is 0 Å². The molecule has 4 rings (SSSR count). The second-order valence-corrected chi connectivity index (χ2v) is 6.99. The molecule has 3 heteroatoms. The third kappa shape index (κ3) is 3.17. The molecule has 0 unspecified atom stereocenters. The van der Waals surface area contributed by atoms with Crippen molar-refractivity contribution in [1.29, 1.82) is 0 Å². The van der Waals surface area contributed by atoms with E-state index in [4.69, 9.17) is 11.6 Å². The van der Waals surface area contributed by atoms with Crippen LogP contribution < -0.4 is 4.90 Å². The largest absolute Gasteiger partial charge is 0.313 e. The minimum atomic E-state index is 0.796. The van der Waals surface area contributed by atoms with Gasteiger partial charge >= 0.3 is 0 Å². The molecule has 0 bridgehead atoms. The summed E-state index contributed by atoms with van der Waals surface area (Å²) in [5.41, 5.74) is 7.70. The Kier molecular flexibility index (Phi) is 4.83. The van der Waals surface area contributed by atoms with Crippen LogP contribution in [0.25, 0.3) is 10.7 Å². The summed E-state index contributed by atoms with van der Waals surface area (Å²) in [4.78, 5) is 6.44. The molecule has 0 atom stereocenters. The molecule has 3 aromatic rings. The number of pyridine rings is 1. The van der Waals surface area contributed by atoms with Crippen molar-refractivity contribution in [3.8, 4) is 0 Å². The van der Waals surface area contributed by atoms with Gasteiger partial charge < -0.3 is 4.90 Å². The zero-order valence-corrected chi connectivity index (χ0v) is 16.1. The SMILES string of the molecule is C=C1c2c(Cc3cccnc3)cccc2C(Cl)=C(CC)N1c1ccccc1. The first-order chi connectivity index (χ1) is 13.2. The first kappa shape index (κ1) is 17.6. The summed E-state index contributed by atoms with van der Waals surface area (Å²) in [7, 11) is 0. The third-order valence-electron chi connectivity index (χ3n) is 4.94. The quantitative estimate of drug-likeness (QED) is 0.521. The van der Waals surface area contributed by atoms with Crippen LogP contribution in [0.15, 0.2) is 85.3 Å². The molecule has 2 heterocycles. The van der Waals surface area contributed by atoms with E-state index in [9.17, 15) is 0 Å². The summed E-state index contributed by atoms with van der Waals surface area (Å²) < 4.78 is 0. The fourth-order valence-electron chi connectivity index (χ4n) is 3.72. The highest BCUT2D eigenvalue weighted by atomic mass is 35.5. The van der Waals surface area contributed by atoms with E-state index in [1.807, 2.05) is 30.5 Å². The second kappa shape index (κ2) is 7.42. The van der Waals surface area contributed by atoms with Gasteiger partial charge in [-0.2, -0.15) is 0 Å². The van der Waals surface area contributed by atoms with E-state index in [-0.39, 0.29) is 0 Å². The van der Waals surface area contributed by atoms with Crippen LogP contribution in [-0.2, 0) is 6.42 Å². The highest BCUT2D eigenvalue weighted by Crippen LogP contribution is 2.44. The maximum absolute atomic E-state index is 6.88. The van der Waals surface area contributed by atoms with E-state index in [1.54, 1.807) is 6.20 Å². The smallest absolute Gasteiger partial charge is 0.0683 e. The van der Waals surface area contributed by atoms with E-state index in [0.29, 0.717) is 0 Å². The van der Waals surface area contributed by atoms with Crippen LogP contribution in [0.1, 0.15) is 35.6 Å². The number of benzene rings is 2. The van der Waals surface area contributed by atoms with Gasteiger partial charge in [0.15, 0.2) is 0 Å². The molecule has 27 heavy (non-hydrogen) atoms.